The molecule has 0 heterocycles. The fraction of sp³-hybridized carbons (Fsp3) is 0.179. The first kappa shape index (κ1) is 24.3. The van der Waals surface area contributed by atoms with Gasteiger partial charge in [-0.2, -0.15) is 13.2 Å². The van der Waals surface area contributed by atoms with E-state index in [4.69, 9.17) is 9.47 Å². The van der Waals surface area contributed by atoms with Crippen LogP contribution in [0.4, 0.5) is 18.9 Å². The van der Waals surface area contributed by atoms with Gasteiger partial charge in [0.15, 0.2) is 5.60 Å². The highest BCUT2D eigenvalue weighted by molar-refractivity contribution is 6.04. The van der Waals surface area contributed by atoms with Crippen molar-refractivity contribution in [3.63, 3.8) is 0 Å². The van der Waals surface area contributed by atoms with E-state index in [2.05, 4.69) is 5.32 Å². The maximum absolute atomic E-state index is 14.5. The number of carbonyl (C=O) groups is 1. The normalized spacial score (nSPS) is 17.8. The Morgan fingerprint density at radius 1 is 0.829 bits per heavy atom. The number of hydrogen-bond acceptors (Lipinski definition) is 3. The predicted molar refractivity (Wildman–Crippen MR) is 127 cm³/mol. The average molecular weight is 479 g/mol. The van der Waals surface area contributed by atoms with Gasteiger partial charge in [-0.15, -0.1) is 0 Å². The molecule has 3 aromatic rings. The molecule has 1 atom stereocenters. The standard InChI is InChI=1S/C28H24F3NO3/c29-28(30,31)27(35-20-22-12-6-2-7-13-22)17-23(26(33)32-24-14-8-3-9-15-24)16-25(18-27)34-19-21-10-4-1-5-11-21/h1-16,18H,17,19-20H2,(H,32,33). The van der Waals surface area contributed by atoms with Crippen molar-refractivity contribution in [3.8, 4) is 0 Å². The van der Waals surface area contributed by atoms with Crippen LogP contribution >= 0.6 is 0 Å². The largest absolute Gasteiger partial charge is 0.489 e. The number of anilines is 1. The average Bonchev–Trinajstić information content (AvgIpc) is 2.87. The highest BCUT2D eigenvalue weighted by Crippen LogP contribution is 2.44. The molecule has 4 rings (SSSR count). The Kier molecular flexibility index (Phi) is 7.36. The van der Waals surface area contributed by atoms with Crippen LogP contribution in [-0.4, -0.2) is 17.7 Å². The molecule has 4 nitrogen and oxygen atoms in total. The third kappa shape index (κ3) is 6.19. The van der Waals surface area contributed by atoms with Gasteiger partial charge in [0, 0.05) is 17.7 Å². The lowest BCUT2D eigenvalue weighted by Gasteiger charge is -2.36. The molecule has 3 aromatic carbocycles. The van der Waals surface area contributed by atoms with Gasteiger partial charge in [0.25, 0.3) is 5.91 Å². The Bertz CT molecular complexity index is 1190. The fourth-order valence-corrected chi connectivity index (χ4v) is 3.67. The van der Waals surface area contributed by atoms with E-state index < -0.39 is 24.1 Å². The van der Waals surface area contributed by atoms with E-state index in [1.165, 1.54) is 6.08 Å². The summed E-state index contributed by atoms with van der Waals surface area (Å²) < 4.78 is 54.8. The summed E-state index contributed by atoms with van der Waals surface area (Å²) >= 11 is 0. The highest BCUT2D eigenvalue weighted by atomic mass is 19.4. The predicted octanol–water partition coefficient (Wildman–Crippen LogP) is 6.57. The number of benzene rings is 3. The van der Waals surface area contributed by atoms with Crippen LogP contribution in [0.25, 0.3) is 0 Å². The van der Waals surface area contributed by atoms with E-state index >= 15 is 0 Å². The summed E-state index contributed by atoms with van der Waals surface area (Å²) in [5.41, 5.74) is -0.980. The van der Waals surface area contributed by atoms with Gasteiger partial charge in [-0.1, -0.05) is 78.9 Å². The highest BCUT2D eigenvalue weighted by Gasteiger charge is 2.57. The quantitative estimate of drug-likeness (QED) is 0.397. The summed E-state index contributed by atoms with van der Waals surface area (Å²) in [4.78, 5) is 13.0. The zero-order chi connectivity index (χ0) is 24.7. The van der Waals surface area contributed by atoms with E-state index in [0.29, 0.717) is 11.3 Å². The van der Waals surface area contributed by atoms with Gasteiger partial charge >= 0.3 is 6.18 Å². The molecule has 0 radical (unpaired) electrons. The second-order valence-corrected chi connectivity index (χ2v) is 8.15. The molecule has 0 fully saturated rings. The number of para-hydroxylation sites is 1. The van der Waals surface area contributed by atoms with Crippen LogP contribution in [0.3, 0.4) is 0 Å². The van der Waals surface area contributed by atoms with E-state index in [1.54, 1.807) is 72.8 Å². The second-order valence-electron chi connectivity index (χ2n) is 8.15. The minimum atomic E-state index is -4.80. The van der Waals surface area contributed by atoms with Crippen LogP contribution in [0, 0.1) is 0 Å². The van der Waals surface area contributed by atoms with Crippen molar-refractivity contribution in [2.75, 3.05) is 5.32 Å². The molecule has 0 aliphatic heterocycles. The summed E-state index contributed by atoms with van der Waals surface area (Å²) in [5, 5.41) is 2.66. The van der Waals surface area contributed by atoms with Gasteiger partial charge in [-0.3, -0.25) is 4.79 Å². The second kappa shape index (κ2) is 10.6. The zero-order valence-corrected chi connectivity index (χ0v) is 18.8. The Morgan fingerprint density at radius 3 is 1.94 bits per heavy atom. The lowest BCUT2D eigenvalue weighted by atomic mass is 9.87. The SMILES string of the molecule is O=C(Nc1ccccc1)C1=CC(OCc2ccccc2)=CC(OCc2ccccc2)(C(F)(F)F)C1. The number of hydrogen-bond donors (Lipinski definition) is 1. The molecule has 1 N–H and O–H groups in total. The molecule has 1 aliphatic carbocycles. The van der Waals surface area contributed by atoms with Crippen LogP contribution in [0.15, 0.2) is 114 Å². The number of carbonyl (C=O) groups excluding carboxylic acids is 1. The number of ether oxygens (including phenoxy) is 2. The molecule has 180 valence electrons. The minimum Gasteiger partial charge on any atom is -0.489 e. The molecule has 35 heavy (non-hydrogen) atoms. The summed E-state index contributed by atoms with van der Waals surface area (Å²) in [6.45, 7) is -0.236. The molecule has 0 aromatic heterocycles. The first-order valence-corrected chi connectivity index (χ1v) is 11.1. The first-order valence-electron chi connectivity index (χ1n) is 11.1. The van der Waals surface area contributed by atoms with E-state index in [-0.39, 0.29) is 24.5 Å². The Labute approximate surface area is 201 Å². The first-order chi connectivity index (χ1) is 16.8. The summed E-state index contributed by atoms with van der Waals surface area (Å²) in [7, 11) is 0. The molecule has 1 unspecified atom stereocenters. The summed E-state index contributed by atoms with van der Waals surface area (Å²) in [6, 6.07) is 26.2. The monoisotopic (exact) mass is 479 g/mol. The zero-order valence-electron chi connectivity index (χ0n) is 18.8. The van der Waals surface area contributed by atoms with Gasteiger partial charge < -0.3 is 14.8 Å². The van der Waals surface area contributed by atoms with Crippen LogP contribution in [-0.2, 0) is 27.5 Å². The number of nitrogens with one attached hydrogen (secondary N) is 1. The van der Waals surface area contributed by atoms with Gasteiger partial charge in [0.2, 0.25) is 0 Å². The number of halogens is 3. The maximum Gasteiger partial charge on any atom is 0.421 e. The molecule has 0 saturated heterocycles. The van der Waals surface area contributed by atoms with Crippen LogP contribution in [0.5, 0.6) is 0 Å². The Hall–Kier alpha value is -3.84. The topological polar surface area (TPSA) is 47.6 Å². The van der Waals surface area contributed by atoms with E-state index in [0.717, 1.165) is 11.6 Å². The van der Waals surface area contributed by atoms with Crippen molar-refractivity contribution in [2.24, 2.45) is 0 Å². The van der Waals surface area contributed by atoms with Crippen molar-refractivity contribution in [1.29, 1.82) is 0 Å². The molecule has 0 spiro atoms. The molecule has 7 heteroatoms. The van der Waals surface area contributed by atoms with Crippen LogP contribution in [0.1, 0.15) is 17.5 Å². The molecule has 0 bridgehead atoms. The number of amides is 1. The minimum absolute atomic E-state index is 0.0450. The Morgan fingerprint density at radius 2 is 1.37 bits per heavy atom. The number of rotatable bonds is 8. The Balaban J connectivity index is 1.64. The lowest BCUT2D eigenvalue weighted by Crippen LogP contribution is -2.48. The van der Waals surface area contributed by atoms with Crippen molar-refractivity contribution in [2.45, 2.75) is 31.4 Å². The maximum atomic E-state index is 14.5. The van der Waals surface area contributed by atoms with Crippen LogP contribution < -0.4 is 5.32 Å². The summed E-state index contributed by atoms with van der Waals surface area (Å²) in [6.07, 6.45) is -3.20. The molecular formula is C28H24F3NO3. The van der Waals surface area contributed by atoms with E-state index in [1.807, 2.05) is 18.2 Å². The van der Waals surface area contributed by atoms with Crippen LogP contribution in [0.2, 0.25) is 0 Å². The summed E-state index contributed by atoms with van der Waals surface area (Å²) in [5.74, 6) is -0.731. The third-order valence-corrected chi connectivity index (χ3v) is 5.54. The molecule has 1 aliphatic rings. The smallest absolute Gasteiger partial charge is 0.421 e. The lowest BCUT2D eigenvalue weighted by molar-refractivity contribution is -0.262. The van der Waals surface area contributed by atoms with Gasteiger partial charge in [0.05, 0.1) is 6.61 Å². The number of alkyl halides is 3. The van der Waals surface area contributed by atoms with Crippen molar-refractivity contribution >= 4 is 11.6 Å². The van der Waals surface area contributed by atoms with E-state index in [9.17, 15) is 18.0 Å². The van der Waals surface area contributed by atoms with Crippen molar-refractivity contribution in [1.82, 2.24) is 0 Å². The molecule has 0 saturated carbocycles. The fourth-order valence-electron chi connectivity index (χ4n) is 3.67. The third-order valence-electron chi connectivity index (χ3n) is 5.54. The molecule has 1 amide bonds. The van der Waals surface area contributed by atoms with Gasteiger partial charge in [-0.05, 0) is 35.4 Å². The number of allylic oxidation sites excluding steroid dienone is 1. The van der Waals surface area contributed by atoms with Gasteiger partial charge in [0.1, 0.15) is 12.4 Å². The molecular weight excluding hydrogens is 455 g/mol. The van der Waals surface area contributed by atoms with Gasteiger partial charge in [-0.25, -0.2) is 0 Å². The van der Waals surface area contributed by atoms with Crippen molar-refractivity contribution < 1.29 is 27.4 Å². The van der Waals surface area contributed by atoms with Crippen molar-refractivity contribution in [3.05, 3.63) is 126 Å².